The van der Waals surface area contributed by atoms with Crippen molar-refractivity contribution >= 4 is 34.4 Å². The maximum Gasteiger partial charge on any atom is 0.355 e. The minimum Gasteiger partial charge on any atom is -0.507 e. The lowest BCUT2D eigenvalue weighted by molar-refractivity contribution is -0.126. The van der Waals surface area contributed by atoms with Crippen LogP contribution in [-0.2, 0) is 4.79 Å². The van der Waals surface area contributed by atoms with Crippen LogP contribution in [0.5, 0.6) is 11.5 Å². The van der Waals surface area contributed by atoms with E-state index in [1.54, 1.807) is 4.90 Å². The second kappa shape index (κ2) is 10.1. The van der Waals surface area contributed by atoms with Gasteiger partial charge in [0.05, 0.1) is 17.3 Å². The lowest BCUT2D eigenvalue weighted by Gasteiger charge is -2.40. The number of hydrogen-bond acceptors (Lipinski definition) is 7. The summed E-state index contributed by atoms with van der Waals surface area (Å²) in [5.41, 5.74) is 1.03. The third-order valence-electron chi connectivity index (χ3n) is 8.52. The van der Waals surface area contributed by atoms with E-state index < -0.39 is 11.5 Å². The second-order valence-electron chi connectivity index (χ2n) is 10.8. The number of rotatable bonds is 4. The Morgan fingerprint density at radius 2 is 1.95 bits per heavy atom. The highest BCUT2D eigenvalue weighted by Crippen LogP contribution is 2.47. The van der Waals surface area contributed by atoms with Crippen molar-refractivity contribution in [1.82, 2.24) is 19.4 Å². The number of anilines is 1. The van der Waals surface area contributed by atoms with Crippen molar-refractivity contribution in [3.63, 3.8) is 0 Å². The number of carbonyl (C=O) groups is 1. The number of piperazine rings is 1. The van der Waals surface area contributed by atoms with Crippen LogP contribution in [-0.4, -0.2) is 62.7 Å². The summed E-state index contributed by atoms with van der Waals surface area (Å²) in [7, 11) is 0. The third kappa shape index (κ3) is 4.04. The topological polar surface area (TPSA) is 101 Å². The normalized spacial score (nSPS) is 18.2. The zero-order valence-corrected chi connectivity index (χ0v) is 23.4. The fourth-order valence-corrected chi connectivity index (χ4v) is 6.48. The summed E-state index contributed by atoms with van der Waals surface area (Å²) in [6.45, 7) is 4.83. The van der Waals surface area contributed by atoms with Gasteiger partial charge in [0.25, 0.3) is 0 Å². The molecule has 2 aromatic carbocycles. The molecule has 2 aliphatic heterocycles. The molecule has 1 amide bonds. The van der Waals surface area contributed by atoms with Crippen LogP contribution in [0.1, 0.15) is 30.7 Å². The standard InChI is InChI=1S/C31H27ClFN5O4/c1-2-23(40)36-13-14-37-18(15-36)16-42-28-25-29(37)35-31(41)38(21-11-4-3-9-19(21)17-7-5-8-17)30(25)34-27(26(28)32)24-20(33)10-6-12-22(24)39/h2-4,6,9-12,17-18,39H,1,5,7-8,13-16H2/t18-/m1/s1. The van der Waals surface area contributed by atoms with Crippen molar-refractivity contribution in [2.75, 3.05) is 31.1 Å². The minimum absolute atomic E-state index is 0.0118. The Morgan fingerprint density at radius 1 is 1.14 bits per heavy atom. The van der Waals surface area contributed by atoms with Gasteiger partial charge in [-0.1, -0.05) is 48.9 Å². The zero-order chi connectivity index (χ0) is 29.1. The summed E-state index contributed by atoms with van der Waals surface area (Å²) in [5.74, 6) is -0.453. The maximum absolute atomic E-state index is 15.2. The Bertz CT molecular complexity index is 1820. The van der Waals surface area contributed by atoms with Crippen LogP contribution in [0.4, 0.5) is 10.2 Å². The van der Waals surface area contributed by atoms with Gasteiger partial charge in [0.2, 0.25) is 5.91 Å². The number of pyridine rings is 1. The molecule has 0 spiro atoms. The molecule has 9 nitrogen and oxygen atoms in total. The SMILES string of the molecule is C=CC(=O)N1CCN2c3nc(=O)n(-c4ccccc4C4CCC4)c4nc(-c5c(O)cccc5F)c(Cl)c(c34)OC[C@H]2C1. The zero-order valence-electron chi connectivity index (χ0n) is 22.6. The van der Waals surface area contributed by atoms with Gasteiger partial charge in [-0.05, 0) is 48.6 Å². The number of aromatic nitrogens is 3. The van der Waals surface area contributed by atoms with Crippen molar-refractivity contribution in [1.29, 1.82) is 0 Å². The molecule has 0 radical (unpaired) electrons. The molecule has 0 bridgehead atoms. The van der Waals surface area contributed by atoms with Gasteiger partial charge >= 0.3 is 5.69 Å². The molecule has 4 aromatic rings. The van der Waals surface area contributed by atoms with Crippen molar-refractivity contribution < 1.29 is 19.0 Å². The summed E-state index contributed by atoms with van der Waals surface area (Å²) < 4.78 is 23.0. The van der Waals surface area contributed by atoms with Crippen LogP contribution in [0.2, 0.25) is 5.02 Å². The summed E-state index contributed by atoms with van der Waals surface area (Å²) in [5, 5.41) is 11.1. The van der Waals surface area contributed by atoms with E-state index in [0.29, 0.717) is 36.5 Å². The number of halogens is 2. The van der Waals surface area contributed by atoms with Crippen molar-refractivity contribution in [3.8, 4) is 28.4 Å². The number of amides is 1. The fraction of sp³-hybridized carbons (Fsp3) is 0.290. The Morgan fingerprint density at radius 3 is 2.69 bits per heavy atom. The van der Waals surface area contributed by atoms with E-state index in [4.69, 9.17) is 21.3 Å². The molecule has 4 heterocycles. The van der Waals surface area contributed by atoms with E-state index in [1.165, 1.54) is 28.8 Å². The molecule has 1 N–H and O–H groups in total. The summed E-state index contributed by atoms with van der Waals surface area (Å²) in [6, 6.07) is 11.3. The smallest absolute Gasteiger partial charge is 0.355 e. The maximum atomic E-state index is 15.2. The van der Waals surface area contributed by atoms with E-state index in [-0.39, 0.29) is 57.9 Å². The molecule has 1 aliphatic carbocycles. The van der Waals surface area contributed by atoms with Crippen LogP contribution in [0.25, 0.3) is 28.0 Å². The monoisotopic (exact) mass is 587 g/mol. The van der Waals surface area contributed by atoms with E-state index in [1.807, 2.05) is 29.2 Å². The van der Waals surface area contributed by atoms with Crippen LogP contribution in [0.3, 0.4) is 0 Å². The lowest BCUT2D eigenvalue weighted by Crippen LogP contribution is -2.56. The average Bonchev–Trinajstić information content (AvgIpc) is 3.12. The highest BCUT2D eigenvalue weighted by atomic mass is 35.5. The van der Waals surface area contributed by atoms with Crippen molar-refractivity contribution in [3.05, 3.63) is 82.0 Å². The van der Waals surface area contributed by atoms with Crippen LogP contribution >= 0.6 is 11.6 Å². The van der Waals surface area contributed by atoms with Crippen LogP contribution in [0.15, 0.2) is 59.9 Å². The van der Waals surface area contributed by atoms with Gasteiger partial charge in [0, 0.05) is 19.6 Å². The number of hydrogen-bond donors (Lipinski definition) is 1. The summed E-state index contributed by atoms with van der Waals surface area (Å²) >= 11 is 6.92. The number of phenolic OH excluding ortho intramolecular Hbond substituents is 1. The number of para-hydroxylation sites is 1. The van der Waals surface area contributed by atoms with E-state index in [2.05, 4.69) is 11.6 Å². The molecule has 1 saturated carbocycles. The molecule has 2 fully saturated rings. The van der Waals surface area contributed by atoms with E-state index in [9.17, 15) is 14.7 Å². The molecular weight excluding hydrogens is 561 g/mol. The summed E-state index contributed by atoms with van der Waals surface area (Å²) in [4.78, 5) is 39.4. The average molecular weight is 588 g/mol. The van der Waals surface area contributed by atoms with Crippen molar-refractivity contribution in [2.24, 2.45) is 0 Å². The van der Waals surface area contributed by atoms with E-state index in [0.717, 1.165) is 24.8 Å². The quantitative estimate of drug-likeness (QED) is 0.342. The Labute approximate surface area is 245 Å². The minimum atomic E-state index is -0.724. The first-order chi connectivity index (χ1) is 20.4. The number of nitrogens with zero attached hydrogens (tertiary/aromatic N) is 5. The molecule has 2 aromatic heterocycles. The number of phenols is 1. The number of aromatic hydroxyl groups is 1. The molecule has 1 atom stereocenters. The predicted molar refractivity (Wildman–Crippen MR) is 157 cm³/mol. The van der Waals surface area contributed by atoms with Gasteiger partial charge in [-0.2, -0.15) is 4.98 Å². The third-order valence-corrected chi connectivity index (χ3v) is 8.87. The second-order valence-corrected chi connectivity index (χ2v) is 11.2. The Balaban J connectivity index is 1.53. The van der Waals surface area contributed by atoms with Gasteiger partial charge in [0.15, 0.2) is 11.4 Å². The van der Waals surface area contributed by atoms with Crippen LogP contribution < -0.4 is 15.3 Å². The molecule has 3 aliphatic rings. The molecule has 0 unspecified atom stereocenters. The first-order valence-corrected chi connectivity index (χ1v) is 14.3. The highest BCUT2D eigenvalue weighted by Gasteiger charge is 2.37. The van der Waals surface area contributed by atoms with Gasteiger partial charge in [-0.15, -0.1) is 0 Å². The highest BCUT2D eigenvalue weighted by molar-refractivity contribution is 6.36. The molecule has 1 saturated heterocycles. The lowest BCUT2D eigenvalue weighted by atomic mass is 9.79. The van der Waals surface area contributed by atoms with E-state index >= 15 is 4.39 Å². The predicted octanol–water partition coefficient (Wildman–Crippen LogP) is 4.81. The first-order valence-electron chi connectivity index (χ1n) is 13.9. The van der Waals surface area contributed by atoms with Crippen molar-refractivity contribution in [2.45, 2.75) is 31.2 Å². The Hall–Kier alpha value is -4.44. The number of fused-ring (bicyclic) bond motifs is 2. The molecule has 11 heteroatoms. The molecular formula is C31H27ClFN5O4. The molecule has 42 heavy (non-hydrogen) atoms. The van der Waals surface area contributed by atoms with Gasteiger partial charge < -0.3 is 19.6 Å². The first kappa shape index (κ1) is 26.5. The number of carbonyl (C=O) groups excluding carboxylic acids is 1. The summed E-state index contributed by atoms with van der Waals surface area (Å²) in [6.07, 6.45) is 4.39. The van der Waals surface area contributed by atoms with Gasteiger partial charge in [-0.3, -0.25) is 4.79 Å². The Kier molecular flexibility index (Phi) is 6.38. The number of benzene rings is 2. The number of ether oxygens (including phenoxy) is 1. The molecule has 7 rings (SSSR count). The van der Waals surface area contributed by atoms with Gasteiger partial charge in [0.1, 0.15) is 40.1 Å². The fourth-order valence-electron chi connectivity index (χ4n) is 6.19. The largest absolute Gasteiger partial charge is 0.507 e. The molecule has 214 valence electrons. The van der Waals surface area contributed by atoms with Gasteiger partial charge in [-0.25, -0.2) is 18.7 Å². The van der Waals surface area contributed by atoms with Crippen LogP contribution in [0, 0.1) is 5.82 Å².